The van der Waals surface area contributed by atoms with Gasteiger partial charge in [-0.1, -0.05) is 0 Å². The fraction of sp³-hybridized carbons (Fsp3) is 0.364. The van der Waals surface area contributed by atoms with E-state index in [4.69, 9.17) is 5.73 Å². The summed E-state index contributed by atoms with van der Waals surface area (Å²) in [6, 6.07) is 4.10. The molecule has 2 amide bonds. The van der Waals surface area contributed by atoms with Crippen LogP contribution in [0.5, 0.6) is 0 Å². The molecule has 0 saturated carbocycles. The zero-order chi connectivity index (χ0) is 15.3. The molecule has 112 valence electrons. The van der Waals surface area contributed by atoms with Gasteiger partial charge < -0.3 is 16.0 Å². The first kappa shape index (κ1) is 16.7. The van der Waals surface area contributed by atoms with Crippen LogP contribution in [0.25, 0.3) is 0 Å². The Hall–Kier alpha value is -1.32. The van der Waals surface area contributed by atoms with E-state index in [0.29, 0.717) is 10.2 Å². The van der Waals surface area contributed by atoms with Crippen molar-refractivity contribution in [2.24, 2.45) is 0 Å². The van der Waals surface area contributed by atoms with Gasteiger partial charge in [-0.25, -0.2) is 17.9 Å². The fourth-order valence-corrected chi connectivity index (χ4v) is 2.60. The van der Waals surface area contributed by atoms with Crippen LogP contribution < -0.4 is 15.8 Å². The van der Waals surface area contributed by atoms with Gasteiger partial charge in [0, 0.05) is 37.3 Å². The van der Waals surface area contributed by atoms with Crippen molar-refractivity contribution in [2.45, 2.75) is 4.90 Å². The first-order valence-corrected chi connectivity index (χ1v) is 8.01. The molecule has 0 unspecified atom stereocenters. The third-order valence-electron chi connectivity index (χ3n) is 2.38. The van der Waals surface area contributed by atoms with E-state index in [9.17, 15) is 13.2 Å². The van der Waals surface area contributed by atoms with Gasteiger partial charge in [-0.05, 0) is 34.1 Å². The summed E-state index contributed by atoms with van der Waals surface area (Å²) in [4.78, 5) is 12.7. The minimum absolute atomic E-state index is 0.0807. The standard InChI is InChI=1S/C11H17BrN4O3S/c1-16(2)11(17)14-5-6-15-20(18,19)8-3-4-9(12)10(13)7-8/h3-4,7,15H,5-6,13H2,1-2H3,(H,14,17). The van der Waals surface area contributed by atoms with Crippen molar-refractivity contribution in [1.29, 1.82) is 0 Å². The van der Waals surface area contributed by atoms with E-state index in [0.717, 1.165) is 0 Å². The highest BCUT2D eigenvalue weighted by Crippen LogP contribution is 2.22. The molecular weight excluding hydrogens is 348 g/mol. The summed E-state index contributed by atoms with van der Waals surface area (Å²) in [5.41, 5.74) is 5.99. The first-order chi connectivity index (χ1) is 9.24. The largest absolute Gasteiger partial charge is 0.398 e. The summed E-state index contributed by atoms with van der Waals surface area (Å²) < 4.78 is 27.0. The van der Waals surface area contributed by atoms with Crippen molar-refractivity contribution in [3.05, 3.63) is 22.7 Å². The number of nitrogens with zero attached hydrogens (tertiary/aromatic N) is 1. The Bertz CT molecular complexity index is 589. The lowest BCUT2D eigenvalue weighted by molar-refractivity contribution is 0.217. The number of carbonyl (C=O) groups excluding carboxylic acids is 1. The van der Waals surface area contributed by atoms with E-state index >= 15 is 0 Å². The van der Waals surface area contributed by atoms with Gasteiger partial charge in [0.15, 0.2) is 0 Å². The second kappa shape index (κ2) is 6.91. The van der Waals surface area contributed by atoms with Crippen molar-refractivity contribution in [1.82, 2.24) is 14.9 Å². The number of carbonyl (C=O) groups is 1. The summed E-state index contributed by atoms with van der Waals surface area (Å²) in [7, 11) is -0.431. The highest BCUT2D eigenvalue weighted by atomic mass is 79.9. The van der Waals surface area contributed by atoms with Crippen molar-refractivity contribution < 1.29 is 13.2 Å². The third-order valence-corrected chi connectivity index (χ3v) is 4.56. The average molecular weight is 365 g/mol. The number of nitrogen functional groups attached to an aromatic ring is 1. The SMILES string of the molecule is CN(C)C(=O)NCCNS(=O)(=O)c1ccc(Br)c(N)c1. The van der Waals surface area contributed by atoms with Crippen molar-refractivity contribution >= 4 is 37.7 Å². The van der Waals surface area contributed by atoms with Crippen molar-refractivity contribution in [3.63, 3.8) is 0 Å². The quantitative estimate of drug-likeness (QED) is 0.524. The summed E-state index contributed by atoms with van der Waals surface area (Å²) in [5.74, 6) is 0. The molecule has 1 aromatic rings. The minimum Gasteiger partial charge on any atom is -0.398 e. The Balaban J connectivity index is 2.58. The molecule has 0 bridgehead atoms. The Kier molecular flexibility index (Phi) is 5.78. The van der Waals surface area contributed by atoms with Gasteiger partial charge in [0.2, 0.25) is 10.0 Å². The first-order valence-electron chi connectivity index (χ1n) is 5.74. The molecule has 20 heavy (non-hydrogen) atoms. The van der Waals surface area contributed by atoms with Gasteiger partial charge in [-0.2, -0.15) is 0 Å². The van der Waals surface area contributed by atoms with Gasteiger partial charge >= 0.3 is 6.03 Å². The molecule has 0 aliphatic heterocycles. The number of nitrogens with two attached hydrogens (primary N) is 1. The molecule has 0 radical (unpaired) electrons. The van der Waals surface area contributed by atoms with E-state index in [1.165, 1.54) is 17.0 Å². The van der Waals surface area contributed by atoms with Gasteiger partial charge in [-0.15, -0.1) is 0 Å². The van der Waals surface area contributed by atoms with Crippen molar-refractivity contribution in [3.8, 4) is 0 Å². The maximum atomic E-state index is 12.0. The Morgan fingerprint density at radius 2 is 2.00 bits per heavy atom. The Morgan fingerprint density at radius 3 is 2.55 bits per heavy atom. The molecule has 7 nitrogen and oxygen atoms in total. The van der Waals surface area contributed by atoms with Gasteiger partial charge in [0.25, 0.3) is 0 Å². The molecule has 9 heteroatoms. The predicted octanol–water partition coefficient (Wildman–Crippen LogP) is 0.581. The molecule has 0 spiro atoms. The highest BCUT2D eigenvalue weighted by Gasteiger charge is 2.14. The molecule has 0 heterocycles. The molecule has 4 N–H and O–H groups in total. The number of hydrogen-bond acceptors (Lipinski definition) is 4. The number of rotatable bonds is 5. The number of hydrogen-bond donors (Lipinski definition) is 3. The van der Waals surface area contributed by atoms with Gasteiger partial charge in [0.1, 0.15) is 0 Å². The minimum atomic E-state index is -3.63. The van der Waals surface area contributed by atoms with Crippen LogP contribution >= 0.6 is 15.9 Å². The van der Waals surface area contributed by atoms with Gasteiger partial charge in [-0.3, -0.25) is 0 Å². The van der Waals surface area contributed by atoms with E-state index in [2.05, 4.69) is 26.0 Å². The Morgan fingerprint density at radius 1 is 1.35 bits per heavy atom. The summed E-state index contributed by atoms with van der Waals surface area (Å²) in [6.45, 7) is 0.292. The highest BCUT2D eigenvalue weighted by molar-refractivity contribution is 9.10. The smallest absolute Gasteiger partial charge is 0.316 e. The normalized spacial score (nSPS) is 11.2. The van der Waals surface area contributed by atoms with Crippen LogP contribution in [-0.4, -0.2) is 46.5 Å². The van der Waals surface area contributed by atoms with Crippen molar-refractivity contribution in [2.75, 3.05) is 32.9 Å². The molecule has 0 aromatic heterocycles. The van der Waals surface area contributed by atoms with Crippen LogP contribution in [0.4, 0.5) is 10.5 Å². The Labute approximate surface area is 126 Å². The maximum Gasteiger partial charge on any atom is 0.316 e. The van der Waals surface area contributed by atoms with Crippen LogP contribution in [0.1, 0.15) is 0 Å². The number of amides is 2. The van der Waals surface area contributed by atoms with E-state index in [1.807, 2.05) is 0 Å². The molecular formula is C11H17BrN4O3S. The fourth-order valence-electron chi connectivity index (χ4n) is 1.29. The molecule has 0 aliphatic rings. The molecule has 0 atom stereocenters. The second-order valence-corrected chi connectivity index (χ2v) is 6.83. The number of urea groups is 1. The van der Waals surface area contributed by atoms with Crippen LogP contribution in [0.3, 0.4) is 0 Å². The molecule has 1 aromatic carbocycles. The lowest BCUT2D eigenvalue weighted by Crippen LogP contribution is -2.39. The lowest BCUT2D eigenvalue weighted by atomic mass is 10.3. The van der Waals surface area contributed by atoms with E-state index in [1.54, 1.807) is 20.2 Å². The monoisotopic (exact) mass is 364 g/mol. The zero-order valence-electron chi connectivity index (χ0n) is 11.2. The van der Waals surface area contributed by atoms with Crippen LogP contribution in [0, 0.1) is 0 Å². The number of halogens is 1. The summed E-state index contributed by atoms with van der Waals surface area (Å²) in [6.07, 6.45) is 0. The van der Waals surface area contributed by atoms with E-state index < -0.39 is 10.0 Å². The van der Waals surface area contributed by atoms with Crippen LogP contribution in [-0.2, 0) is 10.0 Å². The van der Waals surface area contributed by atoms with E-state index in [-0.39, 0.29) is 24.0 Å². The topological polar surface area (TPSA) is 105 Å². The zero-order valence-corrected chi connectivity index (χ0v) is 13.6. The molecule has 0 fully saturated rings. The van der Waals surface area contributed by atoms with Gasteiger partial charge in [0.05, 0.1) is 4.90 Å². The number of nitrogens with one attached hydrogen (secondary N) is 2. The van der Waals surface area contributed by atoms with Crippen LogP contribution in [0.2, 0.25) is 0 Å². The number of benzene rings is 1. The maximum absolute atomic E-state index is 12.0. The number of sulfonamides is 1. The number of anilines is 1. The molecule has 1 rings (SSSR count). The summed E-state index contributed by atoms with van der Waals surface area (Å²) in [5, 5.41) is 2.55. The molecule has 0 aliphatic carbocycles. The predicted molar refractivity (Wildman–Crippen MR) is 80.8 cm³/mol. The second-order valence-electron chi connectivity index (χ2n) is 4.21. The third kappa shape index (κ3) is 4.66. The summed E-state index contributed by atoms with van der Waals surface area (Å²) >= 11 is 3.20. The average Bonchev–Trinajstić information content (AvgIpc) is 2.37. The molecule has 0 saturated heterocycles. The lowest BCUT2D eigenvalue weighted by Gasteiger charge is -2.12. The van der Waals surface area contributed by atoms with Crippen LogP contribution in [0.15, 0.2) is 27.6 Å².